The van der Waals surface area contributed by atoms with Crippen molar-refractivity contribution in [2.45, 2.75) is 6.42 Å². The summed E-state index contributed by atoms with van der Waals surface area (Å²) in [5.74, 6) is -0.548. The average Bonchev–Trinajstić information content (AvgIpc) is 2.60. The number of hydrogen-bond acceptors (Lipinski definition) is 4. The predicted molar refractivity (Wildman–Crippen MR) is 94.4 cm³/mol. The Balaban J connectivity index is 1.71. The molecule has 0 heterocycles. The van der Waals surface area contributed by atoms with Crippen molar-refractivity contribution < 1.29 is 14.3 Å². The largest absolute Gasteiger partial charge is 0.465 e. The molecule has 6 heteroatoms. The number of halogens is 1. The van der Waals surface area contributed by atoms with Crippen LogP contribution in [0.3, 0.4) is 0 Å². The number of rotatable bonds is 7. The number of anilines is 1. The third kappa shape index (κ3) is 5.68. The molecular formula is C18H19ClN2O3. The van der Waals surface area contributed by atoms with Crippen molar-refractivity contribution >= 4 is 29.2 Å². The number of ether oxygens (including phenoxy) is 1. The standard InChI is InChI=1S/C18H19ClN2O3/c1-24-18(23)14-4-8-16(9-5-14)21-17(22)12-20-11-10-13-2-6-15(19)7-3-13/h2-9,20H,10-12H2,1H3,(H,21,22). The van der Waals surface area contributed by atoms with Gasteiger partial charge in [-0.05, 0) is 54.9 Å². The van der Waals surface area contributed by atoms with Gasteiger partial charge in [0.15, 0.2) is 0 Å². The first-order chi connectivity index (χ1) is 11.6. The first kappa shape index (κ1) is 18.0. The summed E-state index contributed by atoms with van der Waals surface area (Å²) >= 11 is 5.83. The number of carbonyl (C=O) groups excluding carboxylic acids is 2. The van der Waals surface area contributed by atoms with Gasteiger partial charge in [-0.3, -0.25) is 4.79 Å². The maximum atomic E-state index is 11.9. The lowest BCUT2D eigenvalue weighted by Gasteiger charge is -2.07. The van der Waals surface area contributed by atoms with Gasteiger partial charge in [-0.1, -0.05) is 23.7 Å². The summed E-state index contributed by atoms with van der Waals surface area (Å²) in [6, 6.07) is 14.2. The fraction of sp³-hybridized carbons (Fsp3) is 0.222. The second-order valence-electron chi connectivity index (χ2n) is 5.17. The molecule has 0 aromatic heterocycles. The summed E-state index contributed by atoms with van der Waals surface area (Å²) < 4.78 is 4.62. The van der Waals surface area contributed by atoms with E-state index in [9.17, 15) is 9.59 Å². The molecule has 0 aliphatic heterocycles. The molecule has 0 radical (unpaired) electrons. The highest BCUT2D eigenvalue weighted by molar-refractivity contribution is 6.30. The lowest BCUT2D eigenvalue weighted by atomic mass is 10.1. The Morgan fingerprint density at radius 2 is 1.71 bits per heavy atom. The van der Waals surface area contributed by atoms with Crippen molar-refractivity contribution in [3.8, 4) is 0 Å². The molecule has 0 spiro atoms. The van der Waals surface area contributed by atoms with Crippen molar-refractivity contribution in [1.82, 2.24) is 5.32 Å². The van der Waals surface area contributed by atoms with Gasteiger partial charge in [0, 0.05) is 10.7 Å². The Hall–Kier alpha value is -2.37. The summed E-state index contributed by atoms with van der Waals surface area (Å²) in [5, 5.41) is 6.56. The van der Waals surface area contributed by atoms with E-state index in [2.05, 4.69) is 15.4 Å². The molecule has 2 rings (SSSR count). The van der Waals surface area contributed by atoms with Crippen LogP contribution in [0.5, 0.6) is 0 Å². The van der Waals surface area contributed by atoms with Crippen molar-refractivity contribution in [1.29, 1.82) is 0 Å². The molecule has 1 amide bonds. The van der Waals surface area contributed by atoms with Crippen molar-refractivity contribution in [2.75, 3.05) is 25.5 Å². The van der Waals surface area contributed by atoms with E-state index in [0.717, 1.165) is 12.0 Å². The van der Waals surface area contributed by atoms with E-state index >= 15 is 0 Å². The Bertz CT molecular complexity index is 684. The van der Waals surface area contributed by atoms with E-state index in [1.165, 1.54) is 7.11 Å². The Morgan fingerprint density at radius 1 is 1.04 bits per heavy atom. The van der Waals surface area contributed by atoms with Gasteiger partial charge in [0.25, 0.3) is 0 Å². The van der Waals surface area contributed by atoms with Gasteiger partial charge in [0.1, 0.15) is 0 Å². The number of hydrogen-bond donors (Lipinski definition) is 2. The zero-order valence-electron chi connectivity index (χ0n) is 13.3. The van der Waals surface area contributed by atoms with Crippen LogP contribution in [0.25, 0.3) is 0 Å². The monoisotopic (exact) mass is 346 g/mol. The summed E-state index contributed by atoms with van der Waals surface area (Å²) in [6.45, 7) is 0.905. The minimum atomic E-state index is -0.406. The second-order valence-corrected chi connectivity index (χ2v) is 5.61. The highest BCUT2D eigenvalue weighted by atomic mass is 35.5. The number of nitrogens with one attached hydrogen (secondary N) is 2. The van der Waals surface area contributed by atoms with Gasteiger partial charge in [-0.25, -0.2) is 4.79 Å². The molecule has 0 aliphatic rings. The number of amides is 1. The molecule has 0 unspecified atom stereocenters. The molecular weight excluding hydrogens is 328 g/mol. The maximum Gasteiger partial charge on any atom is 0.337 e. The van der Waals surface area contributed by atoms with Crippen molar-refractivity contribution in [3.05, 3.63) is 64.7 Å². The van der Waals surface area contributed by atoms with Crippen LogP contribution < -0.4 is 10.6 Å². The third-order valence-electron chi connectivity index (χ3n) is 3.38. The highest BCUT2D eigenvalue weighted by Gasteiger charge is 2.06. The molecule has 5 nitrogen and oxygen atoms in total. The van der Waals surface area contributed by atoms with Crippen LogP contribution in [0.15, 0.2) is 48.5 Å². The molecule has 2 N–H and O–H groups in total. The van der Waals surface area contributed by atoms with Gasteiger partial charge in [0.2, 0.25) is 5.91 Å². The molecule has 2 aromatic carbocycles. The molecule has 0 atom stereocenters. The summed E-state index contributed by atoms with van der Waals surface area (Å²) in [7, 11) is 1.33. The number of carbonyl (C=O) groups is 2. The maximum absolute atomic E-state index is 11.9. The van der Waals surface area contributed by atoms with Gasteiger partial charge in [0.05, 0.1) is 19.2 Å². The van der Waals surface area contributed by atoms with Crippen LogP contribution in [0.2, 0.25) is 5.02 Å². The topological polar surface area (TPSA) is 67.4 Å². The van der Waals surface area contributed by atoms with Crippen molar-refractivity contribution in [3.63, 3.8) is 0 Å². The summed E-state index contributed by atoms with van der Waals surface area (Å²) in [4.78, 5) is 23.2. The van der Waals surface area contributed by atoms with Gasteiger partial charge < -0.3 is 15.4 Å². The fourth-order valence-corrected chi connectivity index (χ4v) is 2.22. The van der Waals surface area contributed by atoms with E-state index in [0.29, 0.717) is 22.8 Å². The Morgan fingerprint density at radius 3 is 2.33 bits per heavy atom. The van der Waals surface area contributed by atoms with Gasteiger partial charge in [-0.2, -0.15) is 0 Å². The first-order valence-electron chi connectivity index (χ1n) is 7.52. The quantitative estimate of drug-likeness (QED) is 0.597. The van der Waals surface area contributed by atoms with E-state index < -0.39 is 5.97 Å². The zero-order chi connectivity index (χ0) is 17.4. The van der Waals surface area contributed by atoms with Gasteiger partial charge >= 0.3 is 5.97 Å². The van der Waals surface area contributed by atoms with E-state index in [-0.39, 0.29) is 12.5 Å². The molecule has 2 aromatic rings. The van der Waals surface area contributed by atoms with Crippen LogP contribution >= 0.6 is 11.6 Å². The van der Waals surface area contributed by atoms with E-state index in [1.54, 1.807) is 24.3 Å². The Labute approximate surface area is 146 Å². The molecule has 0 saturated carbocycles. The normalized spacial score (nSPS) is 10.2. The molecule has 126 valence electrons. The Kier molecular flexibility index (Phi) is 6.78. The minimum absolute atomic E-state index is 0.142. The minimum Gasteiger partial charge on any atom is -0.465 e. The SMILES string of the molecule is COC(=O)c1ccc(NC(=O)CNCCc2ccc(Cl)cc2)cc1. The first-order valence-corrected chi connectivity index (χ1v) is 7.89. The van der Waals surface area contributed by atoms with Crippen LogP contribution in [-0.4, -0.2) is 32.1 Å². The average molecular weight is 347 g/mol. The second kappa shape index (κ2) is 9.05. The molecule has 24 heavy (non-hydrogen) atoms. The third-order valence-corrected chi connectivity index (χ3v) is 3.63. The molecule has 0 saturated heterocycles. The van der Waals surface area contributed by atoms with Crippen LogP contribution in [0, 0.1) is 0 Å². The van der Waals surface area contributed by atoms with Gasteiger partial charge in [-0.15, -0.1) is 0 Å². The lowest BCUT2D eigenvalue weighted by Crippen LogP contribution is -2.29. The summed E-state index contributed by atoms with van der Waals surface area (Å²) in [5.41, 5.74) is 2.23. The summed E-state index contributed by atoms with van der Waals surface area (Å²) in [6.07, 6.45) is 0.818. The van der Waals surface area contributed by atoms with Crippen molar-refractivity contribution in [2.24, 2.45) is 0 Å². The molecule has 0 fully saturated rings. The lowest BCUT2D eigenvalue weighted by molar-refractivity contribution is -0.115. The van der Waals surface area contributed by atoms with E-state index in [1.807, 2.05) is 24.3 Å². The number of esters is 1. The molecule has 0 aliphatic carbocycles. The van der Waals surface area contributed by atoms with Crippen LogP contribution in [0.1, 0.15) is 15.9 Å². The zero-order valence-corrected chi connectivity index (χ0v) is 14.1. The smallest absolute Gasteiger partial charge is 0.337 e. The van der Waals surface area contributed by atoms with E-state index in [4.69, 9.17) is 11.6 Å². The van der Waals surface area contributed by atoms with Crippen LogP contribution in [-0.2, 0) is 16.0 Å². The highest BCUT2D eigenvalue weighted by Crippen LogP contribution is 2.11. The molecule has 0 bridgehead atoms. The fourth-order valence-electron chi connectivity index (χ4n) is 2.10. The number of benzene rings is 2. The predicted octanol–water partition coefficient (Wildman–Crippen LogP) is 2.90. The number of methoxy groups -OCH3 is 1. The van der Waals surface area contributed by atoms with Crippen LogP contribution in [0.4, 0.5) is 5.69 Å².